The number of amides is 1. The first-order valence-electron chi connectivity index (χ1n) is 6.84. The highest BCUT2D eigenvalue weighted by Crippen LogP contribution is 2.15. The highest BCUT2D eigenvalue weighted by Gasteiger charge is 2.27. The number of ether oxygens (including phenoxy) is 1. The largest absolute Gasteiger partial charge is 0.481 e. The molecule has 0 bridgehead atoms. The molecule has 4 N–H and O–H groups in total. The van der Waals surface area contributed by atoms with Crippen molar-refractivity contribution in [3.8, 4) is 0 Å². The van der Waals surface area contributed by atoms with Gasteiger partial charge in [0.15, 0.2) is 6.04 Å². The van der Waals surface area contributed by atoms with E-state index in [1.807, 2.05) is 0 Å². The molecule has 0 aliphatic rings. The summed E-state index contributed by atoms with van der Waals surface area (Å²) in [4.78, 5) is 34.7. The van der Waals surface area contributed by atoms with Crippen molar-refractivity contribution in [3.63, 3.8) is 0 Å². The van der Waals surface area contributed by atoms with Gasteiger partial charge in [0.2, 0.25) is 5.91 Å². The predicted octanol–water partition coefficient (Wildman–Crippen LogP) is 0.598. The van der Waals surface area contributed by atoms with Gasteiger partial charge in [0, 0.05) is 0 Å². The number of carbonyl (C=O) groups excluding carboxylic acids is 2. The Morgan fingerprint density at radius 3 is 2.32 bits per heavy atom. The second kappa shape index (κ2) is 8.14. The second-order valence-corrected chi connectivity index (χ2v) is 5.04. The zero-order valence-electron chi connectivity index (χ0n) is 12.5. The minimum atomic E-state index is -1.24. The first-order valence-corrected chi connectivity index (χ1v) is 6.84. The van der Waals surface area contributed by atoms with Gasteiger partial charge in [-0.15, -0.1) is 0 Å². The van der Waals surface area contributed by atoms with Crippen molar-refractivity contribution in [2.75, 3.05) is 0 Å². The summed E-state index contributed by atoms with van der Waals surface area (Å²) in [5, 5.41) is 11.1. The van der Waals surface area contributed by atoms with Crippen LogP contribution in [0.4, 0.5) is 0 Å². The van der Waals surface area contributed by atoms with E-state index in [9.17, 15) is 14.4 Å². The Bertz CT molecular complexity index is 530. The second-order valence-electron chi connectivity index (χ2n) is 5.04. The molecule has 1 aromatic carbocycles. The molecule has 7 heteroatoms. The minimum Gasteiger partial charge on any atom is -0.481 e. The molecular formula is C15H20N2O5. The lowest BCUT2D eigenvalue weighted by atomic mass is 10.1. The number of hydrogen-bond acceptors (Lipinski definition) is 5. The van der Waals surface area contributed by atoms with E-state index in [0.717, 1.165) is 0 Å². The van der Waals surface area contributed by atoms with Crippen molar-refractivity contribution in [2.45, 2.75) is 38.5 Å². The van der Waals surface area contributed by atoms with Gasteiger partial charge in [-0.3, -0.25) is 9.59 Å². The number of nitrogens with one attached hydrogen (secondary N) is 1. The van der Waals surface area contributed by atoms with E-state index in [1.54, 1.807) is 44.2 Å². The average Bonchev–Trinajstić information content (AvgIpc) is 2.43. The molecule has 0 saturated carbocycles. The van der Waals surface area contributed by atoms with Crippen LogP contribution in [-0.2, 0) is 19.1 Å². The molecule has 0 aliphatic carbocycles. The van der Waals surface area contributed by atoms with E-state index < -0.39 is 36.4 Å². The molecule has 7 nitrogen and oxygen atoms in total. The van der Waals surface area contributed by atoms with Gasteiger partial charge in [0.05, 0.1) is 18.6 Å². The molecule has 0 aliphatic heterocycles. The molecule has 0 saturated heterocycles. The molecule has 2 atom stereocenters. The number of carboxylic acid groups (broad SMARTS) is 1. The van der Waals surface area contributed by atoms with Gasteiger partial charge in [0.1, 0.15) is 0 Å². The summed E-state index contributed by atoms with van der Waals surface area (Å²) in [5.74, 6) is -2.54. The quantitative estimate of drug-likeness (QED) is 0.635. The standard InChI is InChI=1S/C15H20N2O5/c1-9(2)22-15(21)13(10-6-4-3-5-7-10)17-14(20)11(16)8-12(18)19/h3-7,9,11,13H,8,16H2,1-2H3,(H,17,20)(H,18,19)/t11-,13-/m0/s1. The van der Waals surface area contributed by atoms with Crippen molar-refractivity contribution < 1.29 is 24.2 Å². The Kier molecular flexibility index (Phi) is 6.52. The summed E-state index contributed by atoms with van der Waals surface area (Å²) < 4.78 is 5.12. The summed E-state index contributed by atoms with van der Waals surface area (Å²) in [6, 6.07) is 6.26. The predicted molar refractivity (Wildman–Crippen MR) is 78.8 cm³/mol. The lowest BCUT2D eigenvalue weighted by molar-refractivity contribution is -0.151. The first kappa shape index (κ1) is 17.6. The van der Waals surface area contributed by atoms with Crippen LogP contribution in [0.5, 0.6) is 0 Å². The third-order valence-electron chi connectivity index (χ3n) is 2.74. The monoisotopic (exact) mass is 308 g/mol. The van der Waals surface area contributed by atoms with Crippen LogP contribution < -0.4 is 11.1 Å². The number of nitrogens with two attached hydrogens (primary N) is 1. The number of hydrogen-bond donors (Lipinski definition) is 3. The van der Waals surface area contributed by atoms with E-state index in [2.05, 4.69) is 5.32 Å². The van der Waals surface area contributed by atoms with Crippen LogP contribution in [0, 0.1) is 0 Å². The smallest absolute Gasteiger partial charge is 0.333 e. The molecule has 0 heterocycles. The van der Waals surface area contributed by atoms with E-state index >= 15 is 0 Å². The highest BCUT2D eigenvalue weighted by atomic mass is 16.5. The fourth-order valence-electron chi connectivity index (χ4n) is 1.75. The Balaban J connectivity index is 2.89. The maximum absolute atomic E-state index is 12.1. The van der Waals surface area contributed by atoms with Gasteiger partial charge in [0.25, 0.3) is 0 Å². The van der Waals surface area contributed by atoms with Crippen LogP contribution in [0.2, 0.25) is 0 Å². The number of benzene rings is 1. The van der Waals surface area contributed by atoms with Crippen molar-refractivity contribution in [1.29, 1.82) is 0 Å². The Hall–Kier alpha value is -2.41. The van der Waals surface area contributed by atoms with Crippen molar-refractivity contribution in [1.82, 2.24) is 5.32 Å². The fraction of sp³-hybridized carbons (Fsp3) is 0.400. The zero-order chi connectivity index (χ0) is 16.7. The van der Waals surface area contributed by atoms with Gasteiger partial charge in [-0.05, 0) is 19.4 Å². The maximum Gasteiger partial charge on any atom is 0.333 e. The number of esters is 1. The van der Waals surface area contributed by atoms with Crippen LogP contribution >= 0.6 is 0 Å². The molecule has 22 heavy (non-hydrogen) atoms. The van der Waals surface area contributed by atoms with Gasteiger partial charge < -0.3 is 20.9 Å². The van der Waals surface area contributed by atoms with Gasteiger partial charge >= 0.3 is 11.9 Å². The van der Waals surface area contributed by atoms with Crippen molar-refractivity contribution in [3.05, 3.63) is 35.9 Å². The number of carbonyl (C=O) groups is 3. The number of carboxylic acids is 1. The van der Waals surface area contributed by atoms with Crippen LogP contribution in [0.3, 0.4) is 0 Å². The normalized spacial score (nSPS) is 13.3. The number of aliphatic carboxylic acids is 1. The zero-order valence-corrected chi connectivity index (χ0v) is 12.5. The average molecular weight is 308 g/mol. The van der Waals surface area contributed by atoms with Gasteiger partial charge in [-0.1, -0.05) is 30.3 Å². The molecule has 0 unspecified atom stereocenters. The molecule has 0 radical (unpaired) electrons. The summed E-state index contributed by atoms with van der Waals surface area (Å²) in [5.41, 5.74) is 6.03. The highest BCUT2D eigenvalue weighted by molar-refractivity contribution is 5.90. The van der Waals surface area contributed by atoms with Crippen LogP contribution in [0.15, 0.2) is 30.3 Å². The van der Waals surface area contributed by atoms with Crippen molar-refractivity contribution >= 4 is 17.8 Å². The van der Waals surface area contributed by atoms with Crippen molar-refractivity contribution in [2.24, 2.45) is 5.73 Å². The summed E-state index contributed by atoms with van der Waals surface area (Å²) in [6.45, 7) is 3.38. The molecule has 1 amide bonds. The molecular weight excluding hydrogens is 288 g/mol. The Morgan fingerprint density at radius 2 is 1.82 bits per heavy atom. The number of rotatable bonds is 7. The van der Waals surface area contributed by atoms with Gasteiger partial charge in [-0.25, -0.2) is 4.79 Å². The summed E-state index contributed by atoms with van der Waals surface area (Å²) in [6.07, 6.45) is -0.865. The van der Waals surface area contributed by atoms with E-state index in [0.29, 0.717) is 5.56 Å². The van der Waals surface area contributed by atoms with Crippen LogP contribution in [-0.4, -0.2) is 35.1 Å². The fourth-order valence-corrected chi connectivity index (χ4v) is 1.75. The molecule has 120 valence electrons. The maximum atomic E-state index is 12.1. The summed E-state index contributed by atoms with van der Waals surface area (Å²) in [7, 11) is 0. The molecule has 0 fully saturated rings. The SMILES string of the molecule is CC(C)OC(=O)[C@@H](NC(=O)[C@@H](N)CC(=O)O)c1ccccc1. The minimum absolute atomic E-state index is 0.344. The third kappa shape index (κ3) is 5.53. The van der Waals surface area contributed by atoms with E-state index in [1.165, 1.54) is 0 Å². The lowest BCUT2D eigenvalue weighted by Crippen LogP contribution is -2.45. The molecule has 1 aromatic rings. The van der Waals surface area contributed by atoms with Gasteiger partial charge in [-0.2, -0.15) is 0 Å². The van der Waals surface area contributed by atoms with Crippen LogP contribution in [0.1, 0.15) is 31.9 Å². The molecule has 1 rings (SSSR count). The van der Waals surface area contributed by atoms with Crippen LogP contribution in [0.25, 0.3) is 0 Å². The van der Waals surface area contributed by atoms with E-state index in [4.69, 9.17) is 15.6 Å². The Morgan fingerprint density at radius 1 is 1.23 bits per heavy atom. The molecule has 0 aromatic heterocycles. The Labute approximate surface area is 128 Å². The topological polar surface area (TPSA) is 119 Å². The third-order valence-corrected chi connectivity index (χ3v) is 2.74. The first-order chi connectivity index (χ1) is 10.3. The van der Waals surface area contributed by atoms with E-state index in [-0.39, 0.29) is 6.10 Å². The summed E-state index contributed by atoms with van der Waals surface area (Å²) >= 11 is 0. The lowest BCUT2D eigenvalue weighted by Gasteiger charge is -2.21. The molecule has 0 spiro atoms.